The predicted molar refractivity (Wildman–Crippen MR) is 78.7 cm³/mol. The summed E-state index contributed by atoms with van der Waals surface area (Å²) in [4.78, 5) is 24.6. The molecule has 1 saturated heterocycles. The van der Waals surface area contributed by atoms with Crippen LogP contribution in [0.2, 0.25) is 0 Å². The molecule has 1 heterocycles. The molecule has 0 spiro atoms. The molecule has 0 aliphatic carbocycles. The van der Waals surface area contributed by atoms with Crippen LogP contribution in [0.4, 0.5) is 4.79 Å². The Kier molecular flexibility index (Phi) is 7.41. The molecule has 2 unspecified atom stereocenters. The number of carbonyl (C=O) groups is 2. The van der Waals surface area contributed by atoms with Gasteiger partial charge in [0.2, 0.25) is 0 Å². The molecule has 2 atom stereocenters. The minimum absolute atomic E-state index is 0.0323. The molecule has 20 heavy (non-hydrogen) atoms. The van der Waals surface area contributed by atoms with Crippen molar-refractivity contribution in [1.82, 2.24) is 10.2 Å². The zero-order valence-electron chi connectivity index (χ0n) is 12.7. The molecule has 0 aromatic heterocycles. The van der Waals surface area contributed by atoms with Crippen molar-refractivity contribution in [2.45, 2.75) is 64.8 Å². The van der Waals surface area contributed by atoms with E-state index < -0.39 is 5.97 Å². The SMILES string of the molecule is CC(CCNC(=O)N1CCCCCC1C)CCC(=O)O. The smallest absolute Gasteiger partial charge is 0.317 e. The molecule has 1 fully saturated rings. The van der Waals surface area contributed by atoms with Crippen molar-refractivity contribution >= 4 is 12.0 Å². The van der Waals surface area contributed by atoms with Gasteiger partial charge in [0.15, 0.2) is 0 Å². The van der Waals surface area contributed by atoms with Crippen LogP contribution in [0.3, 0.4) is 0 Å². The standard InChI is InChI=1S/C15H28N2O3/c1-12(7-8-14(18)19)9-10-16-15(20)17-11-5-3-4-6-13(17)2/h12-13H,3-11H2,1-2H3,(H,16,20)(H,18,19). The molecule has 0 saturated carbocycles. The van der Waals surface area contributed by atoms with Gasteiger partial charge in [-0.15, -0.1) is 0 Å². The van der Waals surface area contributed by atoms with E-state index in [9.17, 15) is 9.59 Å². The highest BCUT2D eigenvalue weighted by molar-refractivity contribution is 5.74. The first-order valence-corrected chi connectivity index (χ1v) is 7.77. The van der Waals surface area contributed by atoms with Crippen molar-refractivity contribution in [3.63, 3.8) is 0 Å². The van der Waals surface area contributed by atoms with E-state index in [1.807, 2.05) is 11.8 Å². The molecule has 1 aliphatic rings. The average molecular weight is 284 g/mol. The van der Waals surface area contributed by atoms with Crippen molar-refractivity contribution in [1.29, 1.82) is 0 Å². The second-order valence-electron chi connectivity index (χ2n) is 5.95. The first kappa shape index (κ1) is 16.8. The Labute approximate surface area is 121 Å². The van der Waals surface area contributed by atoms with Crippen molar-refractivity contribution in [2.24, 2.45) is 5.92 Å². The van der Waals surface area contributed by atoms with Crippen LogP contribution < -0.4 is 5.32 Å². The highest BCUT2D eigenvalue weighted by Crippen LogP contribution is 2.16. The monoisotopic (exact) mass is 284 g/mol. The number of nitrogens with zero attached hydrogens (tertiary/aromatic N) is 1. The van der Waals surface area contributed by atoms with Gasteiger partial charge >= 0.3 is 12.0 Å². The van der Waals surface area contributed by atoms with Gasteiger partial charge in [-0.2, -0.15) is 0 Å². The van der Waals surface area contributed by atoms with E-state index in [0.717, 1.165) is 25.8 Å². The second-order valence-corrected chi connectivity index (χ2v) is 5.95. The summed E-state index contributed by atoms with van der Waals surface area (Å²) in [5.74, 6) is -0.424. The highest BCUT2D eigenvalue weighted by Gasteiger charge is 2.21. The third-order valence-electron chi connectivity index (χ3n) is 4.08. The Bertz CT molecular complexity index is 320. The molecule has 2 amide bonds. The van der Waals surface area contributed by atoms with Gasteiger partial charge in [0.25, 0.3) is 0 Å². The van der Waals surface area contributed by atoms with Crippen LogP contribution >= 0.6 is 0 Å². The minimum Gasteiger partial charge on any atom is -0.481 e. The molecule has 5 heteroatoms. The van der Waals surface area contributed by atoms with E-state index in [1.165, 1.54) is 12.8 Å². The van der Waals surface area contributed by atoms with E-state index in [-0.39, 0.29) is 12.5 Å². The number of hydrogen-bond acceptors (Lipinski definition) is 2. The van der Waals surface area contributed by atoms with E-state index in [2.05, 4.69) is 12.2 Å². The van der Waals surface area contributed by atoms with E-state index in [1.54, 1.807) is 0 Å². The number of hydrogen-bond donors (Lipinski definition) is 2. The summed E-state index contributed by atoms with van der Waals surface area (Å²) in [6.07, 6.45) is 6.30. The first-order chi connectivity index (χ1) is 9.50. The molecule has 2 N–H and O–H groups in total. The Morgan fingerprint density at radius 2 is 2.05 bits per heavy atom. The molecule has 116 valence electrons. The summed E-state index contributed by atoms with van der Waals surface area (Å²) < 4.78 is 0. The lowest BCUT2D eigenvalue weighted by atomic mass is 10.0. The van der Waals surface area contributed by atoms with Crippen molar-refractivity contribution < 1.29 is 14.7 Å². The summed E-state index contributed by atoms with van der Waals surface area (Å²) in [7, 11) is 0. The van der Waals surface area contributed by atoms with Gasteiger partial charge in [-0.1, -0.05) is 19.8 Å². The molecular weight excluding hydrogens is 256 g/mol. The zero-order chi connectivity index (χ0) is 15.0. The maximum absolute atomic E-state index is 12.1. The Hall–Kier alpha value is -1.26. The van der Waals surface area contributed by atoms with Crippen LogP contribution in [0.15, 0.2) is 0 Å². The molecular formula is C15H28N2O3. The Balaban J connectivity index is 2.23. The largest absolute Gasteiger partial charge is 0.481 e. The molecule has 0 aromatic carbocycles. The number of rotatable bonds is 6. The van der Waals surface area contributed by atoms with Crippen LogP contribution in [-0.2, 0) is 4.79 Å². The van der Waals surface area contributed by atoms with Gasteiger partial charge in [-0.25, -0.2) is 4.79 Å². The van der Waals surface area contributed by atoms with Gasteiger partial charge in [-0.05, 0) is 38.5 Å². The van der Waals surface area contributed by atoms with Gasteiger partial charge in [-0.3, -0.25) is 4.79 Å². The fourth-order valence-electron chi connectivity index (χ4n) is 2.62. The molecule has 0 aromatic rings. The second kappa shape index (κ2) is 8.82. The molecule has 1 rings (SSSR count). The number of urea groups is 1. The lowest BCUT2D eigenvalue weighted by Gasteiger charge is -2.27. The third-order valence-corrected chi connectivity index (χ3v) is 4.08. The number of carbonyl (C=O) groups excluding carboxylic acids is 1. The van der Waals surface area contributed by atoms with Crippen molar-refractivity contribution in [3.05, 3.63) is 0 Å². The number of aliphatic carboxylic acids is 1. The summed E-state index contributed by atoms with van der Waals surface area (Å²) in [6.45, 7) is 5.62. The minimum atomic E-state index is -0.751. The summed E-state index contributed by atoms with van der Waals surface area (Å²) in [6, 6.07) is 0.353. The predicted octanol–water partition coefficient (Wildman–Crippen LogP) is 2.85. The number of amides is 2. The first-order valence-electron chi connectivity index (χ1n) is 7.77. The Morgan fingerprint density at radius 1 is 1.30 bits per heavy atom. The molecule has 1 aliphatic heterocycles. The fraction of sp³-hybridized carbons (Fsp3) is 0.867. The number of carboxylic acids is 1. The lowest BCUT2D eigenvalue weighted by Crippen LogP contribution is -2.45. The maximum atomic E-state index is 12.1. The average Bonchev–Trinajstić information content (AvgIpc) is 2.61. The van der Waals surface area contributed by atoms with E-state index in [0.29, 0.717) is 24.9 Å². The van der Waals surface area contributed by atoms with Crippen LogP contribution in [0, 0.1) is 5.92 Å². The summed E-state index contributed by atoms with van der Waals surface area (Å²) in [5, 5.41) is 11.6. The highest BCUT2D eigenvalue weighted by atomic mass is 16.4. The zero-order valence-corrected chi connectivity index (χ0v) is 12.7. The van der Waals surface area contributed by atoms with Gasteiger partial charge < -0.3 is 15.3 Å². The summed E-state index contributed by atoms with van der Waals surface area (Å²) in [5.41, 5.74) is 0. The van der Waals surface area contributed by atoms with Crippen LogP contribution in [0.5, 0.6) is 0 Å². The fourth-order valence-corrected chi connectivity index (χ4v) is 2.62. The topological polar surface area (TPSA) is 69.6 Å². The molecule has 5 nitrogen and oxygen atoms in total. The summed E-state index contributed by atoms with van der Waals surface area (Å²) >= 11 is 0. The van der Waals surface area contributed by atoms with Gasteiger partial charge in [0.1, 0.15) is 0 Å². The van der Waals surface area contributed by atoms with Crippen LogP contribution in [0.1, 0.15) is 58.8 Å². The van der Waals surface area contributed by atoms with E-state index in [4.69, 9.17) is 5.11 Å². The van der Waals surface area contributed by atoms with Gasteiger partial charge in [0.05, 0.1) is 0 Å². The van der Waals surface area contributed by atoms with E-state index >= 15 is 0 Å². The quantitative estimate of drug-likeness (QED) is 0.788. The molecule has 0 radical (unpaired) electrons. The Morgan fingerprint density at radius 3 is 2.75 bits per heavy atom. The van der Waals surface area contributed by atoms with Crippen LogP contribution in [-0.4, -0.2) is 41.1 Å². The number of nitrogens with one attached hydrogen (secondary N) is 1. The van der Waals surface area contributed by atoms with Crippen LogP contribution in [0.25, 0.3) is 0 Å². The van der Waals surface area contributed by atoms with Crippen molar-refractivity contribution in [3.8, 4) is 0 Å². The van der Waals surface area contributed by atoms with Crippen molar-refractivity contribution in [2.75, 3.05) is 13.1 Å². The number of carboxylic acid groups (broad SMARTS) is 1. The maximum Gasteiger partial charge on any atom is 0.317 e. The normalized spacial score (nSPS) is 21.1. The number of likely N-dealkylation sites (tertiary alicyclic amines) is 1. The molecule has 0 bridgehead atoms. The third kappa shape index (κ3) is 6.26. The van der Waals surface area contributed by atoms with Gasteiger partial charge in [0, 0.05) is 25.6 Å². The lowest BCUT2D eigenvalue weighted by molar-refractivity contribution is -0.137.